The molecule has 2 aromatic rings. The molecule has 8 heteroatoms. The first-order chi connectivity index (χ1) is 11.7. The maximum Gasteiger partial charge on any atom is 0.372 e. The Morgan fingerprint density at radius 3 is 2.42 bits per heavy atom. The zero-order chi connectivity index (χ0) is 16.9. The van der Waals surface area contributed by atoms with Crippen LogP contribution in [0, 0.1) is 10.1 Å². The molecule has 1 saturated heterocycles. The van der Waals surface area contributed by atoms with Gasteiger partial charge < -0.3 is 14.5 Å². The van der Waals surface area contributed by atoms with E-state index in [1.54, 1.807) is 6.92 Å². The summed E-state index contributed by atoms with van der Waals surface area (Å²) < 4.78 is 5.29. The summed E-state index contributed by atoms with van der Waals surface area (Å²) >= 11 is 0. The van der Waals surface area contributed by atoms with E-state index in [1.807, 2.05) is 23.1 Å². The van der Waals surface area contributed by atoms with Crippen LogP contribution in [0.1, 0.15) is 6.92 Å². The van der Waals surface area contributed by atoms with Crippen molar-refractivity contribution in [1.82, 2.24) is 9.97 Å². The molecular weight excluding hydrogens is 310 g/mol. The maximum absolute atomic E-state index is 11.5. The van der Waals surface area contributed by atoms with Crippen LogP contribution in [0.2, 0.25) is 0 Å². The molecular formula is C16H19N5O3. The molecule has 0 atom stereocenters. The van der Waals surface area contributed by atoms with E-state index < -0.39 is 4.92 Å². The third-order valence-corrected chi connectivity index (χ3v) is 3.93. The summed E-state index contributed by atoms with van der Waals surface area (Å²) in [6.07, 6.45) is 1.32. The molecule has 1 aliphatic rings. The quantitative estimate of drug-likeness (QED) is 0.613. The van der Waals surface area contributed by atoms with Crippen LogP contribution in [-0.2, 0) is 0 Å². The van der Waals surface area contributed by atoms with Gasteiger partial charge in [-0.2, -0.15) is 4.98 Å². The van der Waals surface area contributed by atoms with Crippen LogP contribution in [0.5, 0.6) is 5.88 Å². The van der Waals surface area contributed by atoms with Crippen LogP contribution in [0.25, 0.3) is 0 Å². The second-order valence-corrected chi connectivity index (χ2v) is 5.35. The van der Waals surface area contributed by atoms with Gasteiger partial charge in [0.25, 0.3) is 5.88 Å². The fourth-order valence-electron chi connectivity index (χ4n) is 2.80. The molecule has 2 heterocycles. The van der Waals surface area contributed by atoms with E-state index in [4.69, 9.17) is 4.74 Å². The first-order valence-electron chi connectivity index (χ1n) is 7.88. The molecule has 24 heavy (non-hydrogen) atoms. The molecule has 0 saturated carbocycles. The third kappa shape index (κ3) is 3.22. The summed E-state index contributed by atoms with van der Waals surface area (Å²) in [5.74, 6) is 0.351. The molecule has 8 nitrogen and oxygen atoms in total. The number of ether oxygens (including phenoxy) is 1. The predicted octanol–water partition coefficient (Wildman–Crippen LogP) is 2.11. The van der Waals surface area contributed by atoms with Crippen molar-refractivity contribution in [2.75, 3.05) is 42.6 Å². The lowest BCUT2D eigenvalue weighted by Crippen LogP contribution is -2.47. The first kappa shape index (κ1) is 16.0. The van der Waals surface area contributed by atoms with Gasteiger partial charge in [0, 0.05) is 31.9 Å². The van der Waals surface area contributed by atoms with Crippen LogP contribution in [0.15, 0.2) is 36.7 Å². The van der Waals surface area contributed by atoms with Gasteiger partial charge in [-0.15, -0.1) is 0 Å². The van der Waals surface area contributed by atoms with E-state index in [1.165, 1.54) is 6.33 Å². The molecule has 1 aliphatic heterocycles. The molecule has 3 rings (SSSR count). The highest BCUT2D eigenvalue weighted by atomic mass is 16.6. The maximum atomic E-state index is 11.5. The fraction of sp³-hybridized carbons (Fsp3) is 0.375. The molecule has 0 unspecified atom stereocenters. The summed E-state index contributed by atoms with van der Waals surface area (Å²) in [7, 11) is 0. The number of piperazine rings is 1. The number of hydrogen-bond donors (Lipinski definition) is 0. The van der Waals surface area contributed by atoms with Crippen molar-refractivity contribution >= 4 is 17.2 Å². The molecule has 0 aliphatic carbocycles. The highest BCUT2D eigenvalue weighted by molar-refractivity contribution is 5.63. The van der Waals surface area contributed by atoms with Gasteiger partial charge in [0.05, 0.1) is 11.5 Å². The zero-order valence-corrected chi connectivity index (χ0v) is 13.5. The molecule has 1 fully saturated rings. The molecule has 126 valence electrons. The van der Waals surface area contributed by atoms with Crippen molar-refractivity contribution in [2.45, 2.75) is 6.92 Å². The van der Waals surface area contributed by atoms with Crippen LogP contribution in [0.3, 0.4) is 0 Å². The number of nitrogens with zero attached hydrogens (tertiary/aromatic N) is 5. The molecule has 0 radical (unpaired) electrons. The summed E-state index contributed by atoms with van der Waals surface area (Å²) in [6, 6.07) is 10.1. The van der Waals surface area contributed by atoms with Crippen LogP contribution < -0.4 is 14.5 Å². The molecule has 1 aromatic heterocycles. The van der Waals surface area contributed by atoms with Crippen molar-refractivity contribution in [3.05, 3.63) is 46.8 Å². The minimum atomic E-state index is -0.468. The summed E-state index contributed by atoms with van der Waals surface area (Å²) in [4.78, 5) is 23.2. The van der Waals surface area contributed by atoms with E-state index in [0.29, 0.717) is 25.5 Å². The van der Waals surface area contributed by atoms with E-state index >= 15 is 0 Å². The zero-order valence-electron chi connectivity index (χ0n) is 13.5. The fourth-order valence-corrected chi connectivity index (χ4v) is 2.80. The molecule has 0 spiro atoms. The van der Waals surface area contributed by atoms with E-state index in [-0.39, 0.29) is 11.6 Å². The Labute approximate surface area is 139 Å². The molecule has 0 N–H and O–H groups in total. The van der Waals surface area contributed by atoms with Crippen molar-refractivity contribution in [1.29, 1.82) is 0 Å². The number of aromatic nitrogens is 2. The van der Waals surface area contributed by atoms with E-state index in [0.717, 1.165) is 18.8 Å². The standard InChI is InChI=1S/C16H19N5O3/c1-2-24-16-14(21(22)23)15(17-12-18-16)20-10-8-19(9-11-20)13-6-4-3-5-7-13/h3-7,12H,2,8-11H2,1H3. The molecule has 1 aromatic carbocycles. The minimum Gasteiger partial charge on any atom is -0.473 e. The summed E-state index contributed by atoms with van der Waals surface area (Å²) in [5, 5.41) is 11.5. The SMILES string of the molecule is CCOc1ncnc(N2CCN(c3ccccc3)CC2)c1[N+](=O)[O-]. The monoisotopic (exact) mass is 329 g/mol. The van der Waals surface area contributed by atoms with Crippen molar-refractivity contribution in [3.63, 3.8) is 0 Å². The normalized spacial score (nSPS) is 14.5. The Kier molecular flexibility index (Phi) is 4.74. The summed E-state index contributed by atoms with van der Waals surface area (Å²) in [5.41, 5.74) is 0.997. The highest BCUT2D eigenvalue weighted by Crippen LogP contribution is 2.34. The average molecular weight is 329 g/mol. The Balaban J connectivity index is 1.79. The lowest BCUT2D eigenvalue weighted by molar-refractivity contribution is -0.385. The van der Waals surface area contributed by atoms with Crippen molar-refractivity contribution < 1.29 is 9.66 Å². The average Bonchev–Trinajstić information content (AvgIpc) is 2.62. The van der Waals surface area contributed by atoms with Crippen molar-refractivity contribution in [3.8, 4) is 5.88 Å². The number of para-hydroxylation sites is 1. The van der Waals surface area contributed by atoms with Gasteiger partial charge in [0.15, 0.2) is 0 Å². The Bertz CT molecular complexity index is 702. The second-order valence-electron chi connectivity index (χ2n) is 5.35. The second kappa shape index (κ2) is 7.12. The first-order valence-corrected chi connectivity index (χ1v) is 7.88. The topological polar surface area (TPSA) is 84.6 Å². The minimum absolute atomic E-state index is 0.0259. The van der Waals surface area contributed by atoms with Gasteiger partial charge in [0.2, 0.25) is 5.82 Å². The van der Waals surface area contributed by atoms with Crippen LogP contribution >= 0.6 is 0 Å². The van der Waals surface area contributed by atoms with Crippen LogP contribution in [-0.4, -0.2) is 47.7 Å². The number of benzene rings is 1. The lowest BCUT2D eigenvalue weighted by atomic mass is 10.2. The Morgan fingerprint density at radius 2 is 1.79 bits per heavy atom. The van der Waals surface area contributed by atoms with Gasteiger partial charge in [-0.05, 0) is 19.1 Å². The van der Waals surface area contributed by atoms with E-state index in [2.05, 4.69) is 27.0 Å². The lowest BCUT2D eigenvalue weighted by Gasteiger charge is -2.36. The smallest absolute Gasteiger partial charge is 0.372 e. The summed E-state index contributed by atoms with van der Waals surface area (Å²) in [6.45, 7) is 4.93. The Hall–Kier alpha value is -2.90. The molecule has 0 bridgehead atoms. The number of anilines is 2. The third-order valence-electron chi connectivity index (χ3n) is 3.93. The van der Waals surface area contributed by atoms with Gasteiger partial charge in [0.1, 0.15) is 6.33 Å². The Morgan fingerprint density at radius 1 is 1.12 bits per heavy atom. The number of hydrogen-bond acceptors (Lipinski definition) is 7. The predicted molar refractivity (Wildman–Crippen MR) is 90.7 cm³/mol. The highest BCUT2D eigenvalue weighted by Gasteiger charge is 2.30. The number of rotatable bonds is 5. The molecule has 0 amide bonds. The van der Waals surface area contributed by atoms with Gasteiger partial charge in [-0.3, -0.25) is 10.1 Å². The van der Waals surface area contributed by atoms with Crippen molar-refractivity contribution in [2.24, 2.45) is 0 Å². The van der Waals surface area contributed by atoms with Crippen LogP contribution in [0.4, 0.5) is 17.2 Å². The number of nitro groups is 1. The largest absolute Gasteiger partial charge is 0.473 e. The van der Waals surface area contributed by atoms with Gasteiger partial charge in [-0.1, -0.05) is 18.2 Å². The van der Waals surface area contributed by atoms with Gasteiger partial charge in [-0.25, -0.2) is 4.98 Å². The van der Waals surface area contributed by atoms with Gasteiger partial charge >= 0.3 is 5.69 Å². The van der Waals surface area contributed by atoms with E-state index in [9.17, 15) is 10.1 Å².